The van der Waals surface area contributed by atoms with E-state index in [9.17, 15) is 9.18 Å². The van der Waals surface area contributed by atoms with Crippen LogP contribution in [0, 0.1) is 11.7 Å². The SMILES string of the molecule is O=C(c1ccc(-c2ccc(Cl)cc2)cc1F)N1CCC(CO)C1. The van der Waals surface area contributed by atoms with Crippen LogP contribution in [0.4, 0.5) is 4.39 Å². The van der Waals surface area contributed by atoms with Crippen molar-refractivity contribution >= 4 is 17.5 Å². The number of amides is 1. The molecule has 0 radical (unpaired) electrons. The summed E-state index contributed by atoms with van der Waals surface area (Å²) in [7, 11) is 0. The third-order valence-corrected chi connectivity index (χ3v) is 4.46. The molecule has 2 aromatic carbocycles. The third-order valence-electron chi connectivity index (χ3n) is 4.21. The Morgan fingerprint density at radius 2 is 1.91 bits per heavy atom. The molecule has 1 aliphatic rings. The van der Waals surface area contributed by atoms with Gasteiger partial charge in [0.25, 0.3) is 5.91 Å². The van der Waals surface area contributed by atoms with E-state index in [0.717, 1.165) is 12.0 Å². The molecule has 1 atom stereocenters. The molecular formula is C18H17ClFNO2. The monoisotopic (exact) mass is 333 g/mol. The highest BCUT2D eigenvalue weighted by molar-refractivity contribution is 6.30. The Bertz CT molecular complexity index is 717. The lowest BCUT2D eigenvalue weighted by Crippen LogP contribution is -2.29. The number of carbonyl (C=O) groups is 1. The number of benzene rings is 2. The average molecular weight is 334 g/mol. The third kappa shape index (κ3) is 3.38. The highest BCUT2D eigenvalue weighted by atomic mass is 35.5. The normalized spacial score (nSPS) is 17.5. The molecule has 1 aliphatic heterocycles. The van der Waals surface area contributed by atoms with Gasteiger partial charge in [-0.3, -0.25) is 4.79 Å². The number of hydrogen-bond acceptors (Lipinski definition) is 2. The molecule has 0 bridgehead atoms. The first kappa shape index (κ1) is 16.0. The summed E-state index contributed by atoms with van der Waals surface area (Å²) in [5.41, 5.74) is 1.61. The van der Waals surface area contributed by atoms with Gasteiger partial charge >= 0.3 is 0 Å². The lowest BCUT2D eigenvalue weighted by molar-refractivity contribution is 0.0777. The summed E-state index contributed by atoms with van der Waals surface area (Å²) in [6.45, 7) is 1.10. The van der Waals surface area contributed by atoms with Crippen LogP contribution in [-0.4, -0.2) is 35.6 Å². The van der Waals surface area contributed by atoms with E-state index in [1.165, 1.54) is 12.1 Å². The zero-order valence-electron chi connectivity index (χ0n) is 12.5. The second-order valence-electron chi connectivity index (χ2n) is 5.79. The molecule has 1 heterocycles. The second kappa shape index (κ2) is 6.69. The smallest absolute Gasteiger partial charge is 0.256 e. The topological polar surface area (TPSA) is 40.5 Å². The predicted octanol–water partition coefficient (Wildman–Crippen LogP) is 3.60. The van der Waals surface area contributed by atoms with Gasteiger partial charge in [0.1, 0.15) is 5.82 Å². The number of hydrogen-bond donors (Lipinski definition) is 1. The Labute approximate surface area is 139 Å². The fourth-order valence-electron chi connectivity index (χ4n) is 2.85. The summed E-state index contributed by atoms with van der Waals surface area (Å²) in [5.74, 6) is -0.758. The van der Waals surface area contributed by atoms with Crippen molar-refractivity contribution in [3.63, 3.8) is 0 Å². The van der Waals surface area contributed by atoms with Crippen LogP contribution < -0.4 is 0 Å². The van der Waals surface area contributed by atoms with Crippen LogP contribution in [0.1, 0.15) is 16.8 Å². The molecule has 1 fully saturated rings. The van der Waals surface area contributed by atoms with Crippen molar-refractivity contribution < 1.29 is 14.3 Å². The fraction of sp³-hybridized carbons (Fsp3) is 0.278. The fourth-order valence-corrected chi connectivity index (χ4v) is 2.97. The summed E-state index contributed by atoms with van der Waals surface area (Å²) in [6.07, 6.45) is 0.757. The van der Waals surface area contributed by atoms with Crippen LogP contribution in [0.2, 0.25) is 5.02 Å². The van der Waals surface area contributed by atoms with Crippen molar-refractivity contribution in [1.82, 2.24) is 4.90 Å². The minimum absolute atomic E-state index is 0.0573. The van der Waals surface area contributed by atoms with Gasteiger partial charge in [-0.15, -0.1) is 0 Å². The van der Waals surface area contributed by atoms with Crippen molar-refractivity contribution in [3.05, 3.63) is 58.9 Å². The summed E-state index contributed by atoms with van der Waals surface area (Å²) in [5, 5.41) is 9.77. The van der Waals surface area contributed by atoms with Gasteiger partial charge in [0.15, 0.2) is 0 Å². The van der Waals surface area contributed by atoms with Crippen molar-refractivity contribution in [3.8, 4) is 11.1 Å². The molecular weight excluding hydrogens is 317 g/mol. The van der Waals surface area contributed by atoms with Crippen LogP contribution in [-0.2, 0) is 0 Å². The maximum atomic E-state index is 14.4. The lowest BCUT2D eigenvalue weighted by Gasteiger charge is -2.17. The standard InChI is InChI=1S/C18H17ClFNO2/c19-15-4-1-13(2-5-15)14-3-6-16(17(20)9-14)18(23)21-8-7-12(10-21)11-22/h1-6,9,12,22H,7-8,10-11H2. The van der Waals surface area contributed by atoms with Crippen molar-refractivity contribution in [2.45, 2.75) is 6.42 Å². The predicted molar refractivity (Wildman–Crippen MR) is 87.9 cm³/mol. The second-order valence-corrected chi connectivity index (χ2v) is 6.23. The molecule has 0 saturated carbocycles. The van der Waals surface area contributed by atoms with E-state index in [2.05, 4.69) is 0 Å². The minimum atomic E-state index is -0.533. The van der Waals surface area contributed by atoms with Gasteiger partial charge in [0.05, 0.1) is 5.56 Å². The quantitative estimate of drug-likeness (QED) is 0.932. The molecule has 1 amide bonds. The van der Waals surface area contributed by atoms with E-state index in [0.29, 0.717) is 23.7 Å². The van der Waals surface area contributed by atoms with Crippen LogP contribution in [0.5, 0.6) is 0 Å². The first-order valence-electron chi connectivity index (χ1n) is 7.54. The zero-order chi connectivity index (χ0) is 16.4. The van der Waals surface area contributed by atoms with Crippen molar-refractivity contribution in [1.29, 1.82) is 0 Å². The highest BCUT2D eigenvalue weighted by Gasteiger charge is 2.27. The molecule has 1 N–H and O–H groups in total. The summed E-state index contributed by atoms with van der Waals surface area (Å²) >= 11 is 5.85. The maximum Gasteiger partial charge on any atom is 0.256 e. The minimum Gasteiger partial charge on any atom is -0.396 e. The summed E-state index contributed by atoms with van der Waals surface area (Å²) < 4.78 is 14.4. The Hall–Kier alpha value is -1.91. The lowest BCUT2D eigenvalue weighted by atomic mass is 10.0. The molecule has 23 heavy (non-hydrogen) atoms. The van der Waals surface area contributed by atoms with Crippen LogP contribution >= 0.6 is 11.6 Å². The molecule has 1 unspecified atom stereocenters. The first-order chi connectivity index (χ1) is 11.1. The van der Waals surface area contributed by atoms with E-state index < -0.39 is 5.82 Å². The highest BCUT2D eigenvalue weighted by Crippen LogP contribution is 2.25. The first-order valence-corrected chi connectivity index (χ1v) is 7.92. The van der Waals surface area contributed by atoms with E-state index in [1.54, 1.807) is 23.1 Å². The van der Waals surface area contributed by atoms with Crippen LogP contribution in [0.15, 0.2) is 42.5 Å². The van der Waals surface area contributed by atoms with Gasteiger partial charge in [-0.2, -0.15) is 0 Å². The number of aliphatic hydroxyl groups is 1. The van der Waals surface area contributed by atoms with Crippen molar-refractivity contribution in [2.24, 2.45) is 5.92 Å². The number of carbonyl (C=O) groups excluding carboxylic acids is 1. The van der Waals surface area contributed by atoms with Gasteiger partial charge in [-0.1, -0.05) is 29.8 Å². The average Bonchev–Trinajstić information content (AvgIpc) is 3.04. The molecule has 1 saturated heterocycles. The number of aliphatic hydroxyl groups excluding tert-OH is 1. The van der Waals surface area contributed by atoms with Gasteiger partial charge in [-0.25, -0.2) is 4.39 Å². The van der Waals surface area contributed by atoms with E-state index in [-0.39, 0.29) is 24.0 Å². The largest absolute Gasteiger partial charge is 0.396 e. The van der Waals surface area contributed by atoms with Crippen LogP contribution in [0.3, 0.4) is 0 Å². The molecule has 120 valence electrons. The number of halogens is 2. The van der Waals surface area contributed by atoms with Gasteiger partial charge in [-0.05, 0) is 41.8 Å². The number of nitrogens with zero attached hydrogens (tertiary/aromatic N) is 1. The summed E-state index contributed by atoms with van der Waals surface area (Å²) in [6, 6.07) is 11.7. The molecule has 5 heteroatoms. The Morgan fingerprint density at radius 3 is 2.52 bits per heavy atom. The summed E-state index contributed by atoms with van der Waals surface area (Å²) in [4.78, 5) is 14.0. The molecule has 0 aliphatic carbocycles. The Balaban J connectivity index is 1.82. The molecule has 2 aromatic rings. The molecule has 0 spiro atoms. The van der Waals surface area contributed by atoms with E-state index in [1.807, 2.05) is 12.1 Å². The van der Waals surface area contributed by atoms with Gasteiger partial charge in [0, 0.05) is 30.6 Å². The molecule has 3 nitrogen and oxygen atoms in total. The molecule has 3 rings (SSSR count). The van der Waals surface area contributed by atoms with Crippen LogP contribution in [0.25, 0.3) is 11.1 Å². The maximum absolute atomic E-state index is 14.4. The molecule has 0 aromatic heterocycles. The number of rotatable bonds is 3. The Morgan fingerprint density at radius 1 is 1.22 bits per heavy atom. The van der Waals surface area contributed by atoms with Gasteiger partial charge < -0.3 is 10.0 Å². The van der Waals surface area contributed by atoms with E-state index >= 15 is 0 Å². The van der Waals surface area contributed by atoms with Crippen molar-refractivity contribution in [2.75, 3.05) is 19.7 Å². The zero-order valence-corrected chi connectivity index (χ0v) is 13.3. The number of likely N-dealkylation sites (tertiary alicyclic amines) is 1. The van der Waals surface area contributed by atoms with E-state index in [4.69, 9.17) is 16.7 Å². The Kier molecular flexibility index (Phi) is 4.64. The van der Waals surface area contributed by atoms with Gasteiger partial charge in [0.2, 0.25) is 0 Å².